The first-order chi connectivity index (χ1) is 9.72. The van der Waals surface area contributed by atoms with Gasteiger partial charge in [0, 0.05) is 16.7 Å². The average molecular weight is 317 g/mol. The van der Waals surface area contributed by atoms with Crippen LogP contribution < -0.4 is 16.2 Å². The van der Waals surface area contributed by atoms with E-state index in [9.17, 15) is 19.8 Å². The van der Waals surface area contributed by atoms with Gasteiger partial charge in [-0.3, -0.25) is 4.79 Å². The van der Waals surface area contributed by atoms with E-state index < -0.39 is 18.0 Å². The molecule has 0 saturated carbocycles. The maximum Gasteiger partial charge on any atom is 0.253 e. The molecule has 7 heteroatoms. The van der Waals surface area contributed by atoms with Crippen molar-refractivity contribution in [2.75, 3.05) is 5.32 Å². The molecule has 5 N–H and O–H groups in total. The third kappa shape index (κ3) is 10.8. The molecule has 0 aliphatic rings. The first-order valence-electron chi connectivity index (χ1n) is 6.49. The second kappa shape index (κ2) is 10.1. The van der Waals surface area contributed by atoms with Crippen molar-refractivity contribution in [1.82, 2.24) is 0 Å². The Balaban J connectivity index is 0.000000885. The van der Waals surface area contributed by atoms with Crippen molar-refractivity contribution < 1.29 is 25.5 Å². The zero-order valence-electron chi connectivity index (χ0n) is 12.1. The summed E-state index contributed by atoms with van der Waals surface area (Å²) in [5.41, 5.74) is 4.12. The number of aliphatic hydroxyl groups is 1. The van der Waals surface area contributed by atoms with E-state index in [1.54, 1.807) is 24.3 Å². The van der Waals surface area contributed by atoms with Crippen molar-refractivity contribution in [3.05, 3.63) is 29.3 Å². The fourth-order valence-electron chi connectivity index (χ4n) is 1.14. The third-order valence-electron chi connectivity index (χ3n) is 2.04. The van der Waals surface area contributed by atoms with Gasteiger partial charge in [-0.2, -0.15) is 0 Å². The number of hydrogen-bond acceptors (Lipinski definition) is 4. The van der Waals surface area contributed by atoms with E-state index in [-0.39, 0.29) is 12.8 Å². The van der Waals surface area contributed by atoms with Crippen LogP contribution in [0.2, 0.25) is 5.02 Å². The maximum absolute atomic E-state index is 11.4. The molecule has 1 atom stereocenters. The summed E-state index contributed by atoms with van der Waals surface area (Å²) in [6, 6.07) is 6.91. The minimum absolute atomic E-state index is 0.179. The Bertz CT molecular complexity index is 446. The lowest BCUT2D eigenvalue weighted by Gasteiger charge is -2.11. The predicted octanol–water partition coefficient (Wildman–Crippen LogP) is -0.194. The van der Waals surface area contributed by atoms with Gasteiger partial charge in [-0.15, -0.1) is 0 Å². The van der Waals surface area contributed by atoms with Crippen molar-refractivity contribution in [2.24, 2.45) is 0 Å². The van der Waals surface area contributed by atoms with E-state index >= 15 is 0 Å². The summed E-state index contributed by atoms with van der Waals surface area (Å²) >= 11 is 5.66. The van der Waals surface area contributed by atoms with Crippen LogP contribution in [-0.4, -0.2) is 29.1 Å². The highest BCUT2D eigenvalue weighted by Gasteiger charge is 2.14. The number of halogens is 1. The van der Waals surface area contributed by atoms with E-state index in [4.69, 9.17) is 11.6 Å². The molecule has 6 nitrogen and oxygen atoms in total. The Morgan fingerprint density at radius 2 is 1.81 bits per heavy atom. The number of nitrogens with one attached hydrogen (secondary N) is 1. The maximum atomic E-state index is 11.4. The van der Waals surface area contributed by atoms with Gasteiger partial charge in [0.05, 0.1) is 6.04 Å². The molecule has 0 aliphatic heterocycles. The first-order valence-corrected chi connectivity index (χ1v) is 6.87. The third-order valence-corrected chi connectivity index (χ3v) is 2.29. The molecule has 118 valence electrons. The Hall–Kier alpha value is -1.63. The van der Waals surface area contributed by atoms with Crippen molar-refractivity contribution in [3.8, 4) is 0 Å². The van der Waals surface area contributed by atoms with Crippen LogP contribution in [0.1, 0.15) is 26.7 Å². The summed E-state index contributed by atoms with van der Waals surface area (Å²) in [6.45, 7) is 4.11. The van der Waals surface area contributed by atoms with Crippen LogP contribution in [0.25, 0.3) is 0 Å². The molecule has 0 saturated heterocycles. The molecule has 0 aliphatic carbocycles. The molecular formula is C14H21ClN2O4. The molecule has 21 heavy (non-hydrogen) atoms. The number of carboxylic acid groups (broad SMARTS) is 1. The zero-order chi connectivity index (χ0) is 16.4. The Morgan fingerprint density at radius 1 is 1.33 bits per heavy atom. The number of quaternary nitrogens is 1. The SMILES string of the molecule is CC(C)[NH3+].O=C([O-])CC[C@@H](O)C(=O)Nc1ccc(Cl)cc1. The molecule has 0 spiro atoms. The van der Waals surface area contributed by atoms with Crippen LogP contribution >= 0.6 is 11.6 Å². The van der Waals surface area contributed by atoms with Gasteiger partial charge in [0.2, 0.25) is 0 Å². The van der Waals surface area contributed by atoms with Crippen LogP contribution in [-0.2, 0) is 9.59 Å². The highest BCUT2D eigenvalue weighted by Crippen LogP contribution is 2.13. The summed E-state index contributed by atoms with van der Waals surface area (Å²) < 4.78 is 0. The first kappa shape index (κ1) is 19.4. The Morgan fingerprint density at radius 3 is 2.24 bits per heavy atom. The normalized spacial score (nSPS) is 11.3. The molecule has 0 aromatic heterocycles. The van der Waals surface area contributed by atoms with Gasteiger partial charge < -0.3 is 26.1 Å². The smallest absolute Gasteiger partial charge is 0.253 e. The number of carboxylic acids is 1. The quantitative estimate of drug-likeness (QED) is 0.697. The minimum atomic E-state index is -1.37. The highest BCUT2D eigenvalue weighted by molar-refractivity contribution is 6.30. The number of carbonyl (C=O) groups is 2. The van der Waals surface area contributed by atoms with Gasteiger partial charge in [-0.25, -0.2) is 0 Å². The summed E-state index contributed by atoms with van der Waals surface area (Å²) in [5, 5.41) is 22.5. The van der Waals surface area contributed by atoms with Crippen LogP contribution in [0.15, 0.2) is 24.3 Å². The molecule has 1 amide bonds. The van der Waals surface area contributed by atoms with Crippen LogP contribution in [0.5, 0.6) is 0 Å². The Kier molecular flexibility index (Phi) is 9.36. The average Bonchev–Trinajstić information content (AvgIpc) is 2.37. The highest BCUT2D eigenvalue weighted by atomic mass is 35.5. The lowest BCUT2D eigenvalue weighted by molar-refractivity contribution is -0.407. The number of rotatable bonds is 5. The fraction of sp³-hybridized carbons (Fsp3) is 0.429. The zero-order valence-corrected chi connectivity index (χ0v) is 12.9. The molecule has 1 aromatic carbocycles. The fourth-order valence-corrected chi connectivity index (χ4v) is 1.27. The number of amides is 1. The molecule has 0 unspecified atom stereocenters. The van der Waals surface area contributed by atoms with E-state index in [0.717, 1.165) is 0 Å². The largest absolute Gasteiger partial charge is 0.550 e. The van der Waals surface area contributed by atoms with Crippen LogP contribution in [0.3, 0.4) is 0 Å². The molecule has 0 heterocycles. The van der Waals surface area contributed by atoms with Crippen molar-refractivity contribution in [3.63, 3.8) is 0 Å². The van der Waals surface area contributed by atoms with Crippen molar-refractivity contribution >= 4 is 29.2 Å². The number of anilines is 1. The Labute approximate surface area is 128 Å². The van der Waals surface area contributed by atoms with Crippen molar-refractivity contribution in [2.45, 2.75) is 38.8 Å². The molecule has 0 fully saturated rings. The second-order valence-corrected chi connectivity index (χ2v) is 5.25. The van der Waals surface area contributed by atoms with E-state index in [1.807, 2.05) is 0 Å². The number of benzene rings is 1. The van der Waals surface area contributed by atoms with E-state index in [1.165, 1.54) is 0 Å². The van der Waals surface area contributed by atoms with Gasteiger partial charge in [-0.1, -0.05) is 11.6 Å². The van der Waals surface area contributed by atoms with Gasteiger partial charge in [0.15, 0.2) is 0 Å². The number of carbonyl (C=O) groups excluding carboxylic acids is 2. The van der Waals surface area contributed by atoms with E-state index in [2.05, 4.69) is 24.9 Å². The van der Waals surface area contributed by atoms with Crippen LogP contribution in [0.4, 0.5) is 5.69 Å². The minimum Gasteiger partial charge on any atom is -0.550 e. The number of hydrogen-bond donors (Lipinski definition) is 3. The molecule has 1 rings (SSSR count). The summed E-state index contributed by atoms with van der Waals surface area (Å²) in [5.74, 6) is -1.96. The summed E-state index contributed by atoms with van der Waals surface area (Å²) in [4.78, 5) is 21.6. The van der Waals surface area contributed by atoms with Gasteiger partial charge in [0.25, 0.3) is 5.91 Å². The molecule has 1 aromatic rings. The summed E-state index contributed by atoms with van der Waals surface area (Å²) in [6.07, 6.45) is -1.92. The lowest BCUT2D eigenvalue weighted by atomic mass is 10.2. The van der Waals surface area contributed by atoms with Crippen molar-refractivity contribution in [1.29, 1.82) is 0 Å². The number of aliphatic hydroxyl groups excluding tert-OH is 1. The predicted molar refractivity (Wildman–Crippen MR) is 78.4 cm³/mol. The lowest BCUT2D eigenvalue weighted by Crippen LogP contribution is -2.57. The molecular weight excluding hydrogens is 296 g/mol. The van der Waals surface area contributed by atoms with E-state index in [0.29, 0.717) is 16.8 Å². The standard InChI is InChI=1S/C11H12ClNO4.C3H9N/c12-7-1-3-8(4-2-7)13-11(17)9(14)5-6-10(15)16;1-3(2)4/h1-4,9,14H,5-6H2,(H,13,17)(H,15,16);3H,4H2,1-2H3/t9-;/m1./s1. The van der Waals surface area contributed by atoms with Gasteiger partial charge in [-0.05, 0) is 51.0 Å². The van der Waals surface area contributed by atoms with Gasteiger partial charge in [0.1, 0.15) is 6.10 Å². The van der Waals surface area contributed by atoms with Crippen LogP contribution in [0, 0.1) is 0 Å². The van der Waals surface area contributed by atoms with Gasteiger partial charge >= 0.3 is 0 Å². The molecule has 0 radical (unpaired) electrons. The monoisotopic (exact) mass is 316 g/mol. The summed E-state index contributed by atoms with van der Waals surface area (Å²) in [7, 11) is 0. The second-order valence-electron chi connectivity index (χ2n) is 4.82. The topological polar surface area (TPSA) is 117 Å². The number of aliphatic carboxylic acids is 1. The molecule has 0 bridgehead atoms.